The van der Waals surface area contributed by atoms with Gasteiger partial charge in [-0.05, 0) is 64.0 Å². The molecule has 1 saturated carbocycles. The summed E-state index contributed by atoms with van der Waals surface area (Å²) in [5.74, 6) is 1.00. The maximum atomic E-state index is 12.0. The molecule has 4 aromatic rings. The Balaban J connectivity index is 1.10. The van der Waals surface area contributed by atoms with E-state index in [1.54, 1.807) is 18.5 Å². The average Bonchev–Trinajstić information content (AvgIpc) is 3.39. The van der Waals surface area contributed by atoms with Crippen LogP contribution in [0.5, 0.6) is 0 Å². The second kappa shape index (κ2) is 13.7. The van der Waals surface area contributed by atoms with E-state index in [2.05, 4.69) is 37.0 Å². The van der Waals surface area contributed by atoms with Gasteiger partial charge in [0.25, 0.3) is 0 Å². The highest BCUT2D eigenvalue weighted by Gasteiger charge is 2.23. The zero-order chi connectivity index (χ0) is 28.6. The Kier molecular flexibility index (Phi) is 9.61. The first-order valence-electron chi connectivity index (χ1n) is 14.1. The smallest absolute Gasteiger partial charge is 0.248 e. The molecule has 41 heavy (non-hydrogen) atoms. The molecule has 0 radical (unpaired) electrons. The van der Waals surface area contributed by atoms with Gasteiger partial charge in [-0.15, -0.1) is 0 Å². The predicted molar refractivity (Wildman–Crippen MR) is 166 cm³/mol. The summed E-state index contributed by atoms with van der Waals surface area (Å²) < 4.78 is 0. The second-order valence-electron chi connectivity index (χ2n) is 10.8. The molecule has 1 aliphatic rings. The number of carbonyl (C=O) groups is 1. The van der Waals surface area contributed by atoms with Crippen molar-refractivity contribution in [2.75, 3.05) is 37.8 Å². The van der Waals surface area contributed by atoms with Crippen LogP contribution in [-0.2, 0) is 11.3 Å². The number of rotatable bonds is 11. The Bertz CT molecular complexity index is 1480. The number of pyridine rings is 1. The van der Waals surface area contributed by atoms with Gasteiger partial charge in [0.05, 0.1) is 34.5 Å². The number of para-hydroxylation sites is 1. The largest absolute Gasteiger partial charge is 0.360 e. The summed E-state index contributed by atoms with van der Waals surface area (Å²) in [5.41, 5.74) is 4.38. The fourth-order valence-electron chi connectivity index (χ4n) is 5.24. The van der Waals surface area contributed by atoms with Crippen molar-refractivity contribution in [1.29, 1.82) is 0 Å². The Hall–Kier alpha value is -3.79. The van der Waals surface area contributed by atoms with E-state index in [9.17, 15) is 4.79 Å². The number of anilines is 2. The number of aromatic nitrogens is 4. The van der Waals surface area contributed by atoms with Crippen molar-refractivity contribution in [2.45, 2.75) is 38.3 Å². The molecular weight excluding hydrogens is 536 g/mol. The highest BCUT2D eigenvalue weighted by atomic mass is 35.5. The highest BCUT2D eigenvalue weighted by Crippen LogP contribution is 2.33. The third-order valence-electron chi connectivity index (χ3n) is 7.28. The number of likely N-dealkylation sites (N-methyl/N-ethyl adjacent to an activating group) is 1. The minimum Gasteiger partial charge on any atom is -0.360 e. The molecule has 214 valence electrons. The van der Waals surface area contributed by atoms with E-state index in [4.69, 9.17) is 16.6 Å². The molecule has 10 heteroatoms. The number of halogens is 1. The number of amides is 1. The molecule has 0 bridgehead atoms. The van der Waals surface area contributed by atoms with Crippen molar-refractivity contribution < 1.29 is 4.79 Å². The monoisotopic (exact) mass is 572 g/mol. The van der Waals surface area contributed by atoms with E-state index < -0.39 is 0 Å². The summed E-state index contributed by atoms with van der Waals surface area (Å²) in [6, 6.07) is 12.3. The lowest BCUT2D eigenvalue weighted by molar-refractivity contribution is -0.111. The van der Waals surface area contributed by atoms with Crippen molar-refractivity contribution in [1.82, 2.24) is 30.2 Å². The lowest BCUT2D eigenvalue weighted by atomic mass is 9.85. The van der Waals surface area contributed by atoms with Gasteiger partial charge < -0.3 is 25.8 Å². The number of nitrogens with zero attached hydrogens (tertiary/aromatic N) is 4. The minimum atomic E-state index is -0.154. The van der Waals surface area contributed by atoms with Crippen LogP contribution >= 0.6 is 11.6 Å². The Morgan fingerprint density at radius 3 is 2.85 bits per heavy atom. The first-order chi connectivity index (χ1) is 19.9. The predicted octanol–water partition coefficient (Wildman–Crippen LogP) is 5.49. The molecule has 5 rings (SSSR count). The van der Waals surface area contributed by atoms with Crippen LogP contribution in [0, 0.1) is 5.92 Å². The summed E-state index contributed by atoms with van der Waals surface area (Å²) in [6.07, 6.45) is 13.2. The van der Waals surface area contributed by atoms with Gasteiger partial charge in [-0.25, -0.2) is 9.97 Å². The molecular formula is C31H37ClN8O. The van der Waals surface area contributed by atoms with Crippen molar-refractivity contribution in [3.8, 4) is 11.3 Å². The second-order valence-corrected chi connectivity index (χ2v) is 11.2. The number of benzene rings is 1. The van der Waals surface area contributed by atoms with Gasteiger partial charge in [-0.1, -0.05) is 42.3 Å². The number of carbonyl (C=O) groups excluding carboxylic acids is 1. The average molecular weight is 573 g/mol. The molecule has 1 aromatic carbocycles. The van der Waals surface area contributed by atoms with Gasteiger partial charge in [0.15, 0.2) is 0 Å². The molecule has 0 saturated heterocycles. The standard InChI is InChI=1S/C31H37ClN8O/c1-40(2)14-6-11-29(41)37-24-13-12-23(34-18-24)17-33-16-21-7-5-8-22(15-21)38-31-36-20-27(32)30(39-31)26-19-35-28-10-4-3-9-25(26)28/h3-4,6,9-13,18-22,33,35H,5,7-8,14-17H2,1-2H3,(H,37,41)(H,36,38,39)/b11-6+/t21?,22-/m1/s1. The lowest BCUT2D eigenvalue weighted by Gasteiger charge is -2.30. The van der Waals surface area contributed by atoms with Crippen LogP contribution in [0.2, 0.25) is 5.02 Å². The van der Waals surface area contributed by atoms with Gasteiger partial charge in [0.1, 0.15) is 0 Å². The van der Waals surface area contributed by atoms with Crippen molar-refractivity contribution >= 4 is 40.0 Å². The number of nitrogens with one attached hydrogen (secondary N) is 4. The molecule has 1 aliphatic carbocycles. The number of hydrogen-bond donors (Lipinski definition) is 4. The fraction of sp³-hybridized carbons (Fsp3) is 0.355. The van der Waals surface area contributed by atoms with Crippen LogP contribution in [0.15, 0.2) is 67.1 Å². The molecule has 1 fully saturated rings. The Morgan fingerprint density at radius 1 is 1.15 bits per heavy atom. The van der Waals surface area contributed by atoms with E-state index >= 15 is 0 Å². The molecule has 3 aromatic heterocycles. The van der Waals surface area contributed by atoms with Gasteiger partial charge in [-0.3, -0.25) is 9.78 Å². The quantitative estimate of drug-likeness (QED) is 0.176. The van der Waals surface area contributed by atoms with Crippen molar-refractivity contribution in [3.05, 3.63) is 77.9 Å². The number of hydrogen-bond acceptors (Lipinski definition) is 7. The van der Waals surface area contributed by atoms with E-state index in [1.165, 1.54) is 6.42 Å². The number of fused-ring (bicyclic) bond motifs is 1. The van der Waals surface area contributed by atoms with Crippen LogP contribution in [-0.4, -0.2) is 64.0 Å². The molecule has 0 spiro atoms. The maximum absolute atomic E-state index is 12.0. The lowest BCUT2D eigenvalue weighted by Crippen LogP contribution is -2.33. The summed E-state index contributed by atoms with van der Waals surface area (Å²) in [4.78, 5) is 31.1. The minimum absolute atomic E-state index is 0.154. The van der Waals surface area contributed by atoms with Crippen molar-refractivity contribution in [2.24, 2.45) is 5.92 Å². The van der Waals surface area contributed by atoms with Gasteiger partial charge in [0, 0.05) is 47.9 Å². The topological polar surface area (TPSA) is 111 Å². The van der Waals surface area contributed by atoms with Crippen LogP contribution in [0.1, 0.15) is 31.4 Å². The first-order valence-corrected chi connectivity index (χ1v) is 14.5. The number of aromatic amines is 1. The van der Waals surface area contributed by atoms with Crippen LogP contribution in [0.3, 0.4) is 0 Å². The molecule has 0 aliphatic heterocycles. The molecule has 3 heterocycles. The first kappa shape index (κ1) is 28.7. The maximum Gasteiger partial charge on any atom is 0.248 e. The normalized spacial score (nSPS) is 17.4. The third kappa shape index (κ3) is 7.91. The highest BCUT2D eigenvalue weighted by molar-refractivity contribution is 6.33. The van der Waals surface area contributed by atoms with Crippen molar-refractivity contribution in [3.63, 3.8) is 0 Å². The Labute approximate surface area is 245 Å². The molecule has 1 amide bonds. The van der Waals surface area contributed by atoms with E-state index in [-0.39, 0.29) is 5.91 Å². The number of H-pyrrole nitrogens is 1. The molecule has 1 unspecified atom stereocenters. The fourth-order valence-corrected chi connectivity index (χ4v) is 5.44. The Morgan fingerprint density at radius 2 is 2.02 bits per heavy atom. The van der Waals surface area contributed by atoms with E-state index in [0.717, 1.165) is 60.2 Å². The van der Waals surface area contributed by atoms with Crippen LogP contribution in [0.4, 0.5) is 11.6 Å². The summed E-state index contributed by atoms with van der Waals surface area (Å²) in [6.45, 7) is 2.31. The van der Waals surface area contributed by atoms with Crippen LogP contribution < -0.4 is 16.0 Å². The molecule has 9 nitrogen and oxygen atoms in total. The van der Waals surface area contributed by atoms with Gasteiger partial charge in [-0.2, -0.15) is 0 Å². The molecule has 2 atom stereocenters. The van der Waals surface area contributed by atoms with Gasteiger partial charge >= 0.3 is 0 Å². The van der Waals surface area contributed by atoms with E-state index in [1.807, 2.05) is 61.6 Å². The summed E-state index contributed by atoms with van der Waals surface area (Å²) in [7, 11) is 3.92. The SMILES string of the molecule is CN(C)C/C=C/C(=O)Nc1ccc(CNCC2CCC[C@@H](Nc3ncc(Cl)c(-c4c[nH]c5ccccc45)n3)C2)nc1. The van der Waals surface area contributed by atoms with Crippen LogP contribution in [0.25, 0.3) is 22.2 Å². The zero-order valence-electron chi connectivity index (χ0n) is 23.5. The summed E-state index contributed by atoms with van der Waals surface area (Å²) in [5, 5.41) is 11.6. The third-order valence-corrected chi connectivity index (χ3v) is 7.55. The molecule has 4 N–H and O–H groups in total. The van der Waals surface area contributed by atoms with E-state index in [0.29, 0.717) is 35.2 Å². The summed E-state index contributed by atoms with van der Waals surface area (Å²) >= 11 is 6.52. The van der Waals surface area contributed by atoms with Gasteiger partial charge in [0.2, 0.25) is 11.9 Å². The zero-order valence-corrected chi connectivity index (χ0v) is 24.3.